The number of methoxy groups -OCH3 is 2. The maximum atomic E-state index is 5.85. The van der Waals surface area contributed by atoms with Crippen LogP contribution < -0.4 is 5.32 Å². The minimum atomic E-state index is 0.00340. The summed E-state index contributed by atoms with van der Waals surface area (Å²) in [6.45, 7) is 3.98. The minimum Gasteiger partial charge on any atom is -0.383 e. The van der Waals surface area contributed by atoms with Gasteiger partial charge in [-0.05, 0) is 25.8 Å². The first-order valence-corrected chi connectivity index (χ1v) is 6.56. The Balaban J connectivity index is 2.62. The molecule has 1 N–H and O–H groups in total. The van der Waals surface area contributed by atoms with Gasteiger partial charge in [-0.15, -0.1) is 0 Å². The summed E-state index contributed by atoms with van der Waals surface area (Å²) >= 11 is 0. The van der Waals surface area contributed by atoms with E-state index >= 15 is 0 Å². The van der Waals surface area contributed by atoms with E-state index in [0.717, 1.165) is 32.4 Å². The molecule has 1 atom stereocenters. The molecule has 1 rings (SSSR count). The number of ether oxygens (including phenoxy) is 2. The van der Waals surface area contributed by atoms with E-state index in [0.29, 0.717) is 6.04 Å². The van der Waals surface area contributed by atoms with Gasteiger partial charge in [0, 0.05) is 14.2 Å². The van der Waals surface area contributed by atoms with Gasteiger partial charge in [-0.3, -0.25) is 0 Å². The fourth-order valence-corrected chi connectivity index (χ4v) is 2.73. The lowest BCUT2D eigenvalue weighted by Gasteiger charge is -2.42. The zero-order chi connectivity index (χ0) is 11.9. The average molecular weight is 229 g/mol. The van der Waals surface area contributed by atoms with Crippen molar-refractivity contribution in [2.24, 2.45) is 0 Å². The van der Waals surface area contributed by atoms with Crippen molar-refractivity contribution in [3.8, 4) is 0 Å². The maximum Gasteiger partial charge on any atom is 0.0853 e. The van der Waals surface area contributed by atoms with Crippen molar-refractivity contribution >= 4 is 0 Å². The third-order valence-electron chi connectivity index (χ3n) is 3.72. The monoisotopic (exact) mass is 229 g/mol. The summed E-state index contributed by atoms with van der Waals surface area (Å²) in [5.41, 5.74) is 0.00340. The fourth-order valence-electron chi connectivity index (χ4n) is 2.73. The Morgan fingerprint density at radius 2 is 1.88 bits per heavy atom. The van der Waals surface area contributed by atoms with E-state index < -0.39 is 0 Å². The Kier molecular flexibility index (Phi) is 6.32. The van der Waals surface area contributed by atoms with Crippen LogP contribution in [0.4, 0.5) is 0 Å². The maximum absolute atomic E-state index is 5.85. The second kappa shape index (κ2) is 7.25. The van der Waals surface area contributed by atoms with Crippen LogP contribution in [0.1, 0.15) is 45.4 Å². The van der Waals surface area contributed by atoms with Crippen LogP contribution in [-0.2, 0) is 9.47 Å². The lowest BCUT2D eigenvalue weighted by Crippen LogP contribution is -2.55. The van der Waals surface area contributed by atoms with Crippen molar-refractivity contribution < 1.29 is 9.47 Å². The lowest BCUT2D eigenvalue weighted by atomic mass is 9.79. The molecule has 1 aliphatic carbocycles. The van der Waals surface area contributed by atoms with Gasteiger partial charge in [0.1, 0.15) is 0 Å². The van der Waals surface area contributed by atoms with E-state index in [1.165, 1.54) is 19.3 Å². The van der Waals surface area contributed by atoms with Gasteiger partial charge in [-0.25, -0.2) is 0 Å². The molecule has 0 saturated heterocycles. The van der Waals surface area contributed by atoms with E-state index in [2.05, 4.69) is 12.2 Å². The van der Waals surface area contributed by atoms with Crippen molar-refractivity contribution in [2.45, 2.75) is 57.1 Å². The molecule has 3 heteroatoms. The standard InChI is InChI=1S/C13H27NO2/c1-4-10-14-12(11-15-2)13(16-3)8-6-5-7-9-13/h12,14H,4-11H2,1-3H3. The first-order valence-electron chi connectivity index (χ1n) is 6.56. The molecule has 3 nitrogen and oxygen atoms in total. The molecule has 0 spiro atoms. The van der Waals surface area contributed by atoms with Crippen LogP contribution in [0, 0.1) is 0 Å². The number of rotatable bonds is 7. The van der Waals surface area contributed by atoms with Crippen molar-refractivity contribution in [1.82, 2.24) is 5.32 Å². The van der Waals surface area contributed by atoms with Gasteiger partial charge < -0.3 is 14.8 Å². The highest BCUT2D eigenvalue weighted by Crippen LogP contribution is 2.34. The molecule has 0 radical (unpaired) electrons. The normalized spacial score (nSPS) is 21.9. The Morgan fingerprint density at radius 1 is 1.19 bits per heavy atom. The summed E-state index contributed by atoms with van der Waals surface area (Å²) in [5, 5.41) is 3.58. The van der Waals surface area contributed by atoms with Crippen molar-refractivity contribution in [1.29, 1.82) is 0 Å². The molecule has 0 bridgehead atoms. The van der Waals surface area contributed by atoms with E-state index in [-0.39, 0.29) is 5.60 Å². The number of nitrogens with one attached hydrogen (secondary N) is 1. The van der Waals surface area contributed by atoms with Crippen molar-refractivity contribution in [2.75, 3.05) is 27.4 Å². The van der Waals surface area contributed by atoms with E-state index in [9.17, 15) is 0 Å². The smallest absolute Gasteiger partial charge is 0.0853 e. The Morgan fingerprint density at radius 3 is 2.38 bits per heavy atom. The number of hydrogen-bond donors (Lipinski definition) is 1. The van der Waals surface area contributed by atoms with Crippen LogP contribution in [-0.4, -0.2) is 39.0 Å². The van der Waals surface area contributed by atoms with Crippen LogP contribution in [0.15, 0.2) is 0 Å². The van der Waals surface area contributed by atoms with Gasteiger partial charge in [0.2, 0.25) is 0 Å². The second-order valence-electron chi connectivity index (χ2n) is 4.79. The predicted octanol–water partition coefficient (Wildman–Crippen LogP) is 2.35. The summed E-state index contributed by atoms with van der Waals surface area (Å²) in [7, 11) is 3.62. The molecule has 0 aromatic heterocycles. The molecule has 96 valence electrons. The highest BCUT2D eigenvalue weighted by atomic mass is 16.5. The molecule has 0 aromatic rings. The highest BCUT2D eigenvalue weighted by Gasteiger charge is 2.39. The summed E-state index contributed by atoms with van der Waals surface area (Å²) in [6.07, 6.45) is 7.38. The lowest BCUT2D eigenvalue weighted by molar-refractivity contribution is -0.0823. The molecule has 1 fully saturated rings. The van der Waals surface area contributed by atoms with Crippen molar-refractivity contribution in [3.05, 3.63) is 0 Å². The van der Waals surface area contributed by atoms with Gasteiger partial charge in [-0.2, -0.15) is 0 Å². The minimum absolute atomic E-state index is 0.00340. The zero-order valence-electron chi connectivity index (χ0n) is 11.1. The Hall–Kier alpha value is -0.120. The van der Waals surface area contributed by atoms with E-state index in [1.807, 2.05) is 7.11 Å². The third kappa shape index (κ3) is 3.44. The quantitative estimate of drug-likeness (QED) is 0.727. The first kappa shape index (κ1) is 13.9. The topological polar surface area (TPSA) is 30.5 Å². The number of hydrogen-bond acceptors (Lipinski definition) is 3. The second-order valence-corrected chi connectivity index (χ2v) is 4.79. The first-order chi connectivity index (χ1) is 7.79. The molecule has 16 heavy (non-hydrogen) atoms. The van der Waals surface area contributed by atoms with Gasteiger partial charge >= 0.3 is 0 Å². The Bertz CT molecular complexity index is 179. The predicted molar refractivity (Wildman–Crippen MR) is 66.8 cm³/mol. The zero-order valence-corrected chi connectivity index (χ0v) is 11.1. The van der Waals surface area contributed by atoms with Gasteiger partial charge in [0.05, 0.1) is 18.2 Å². The summed E-state index contributed by atoms with van der Waals surface area (Å²) < 4.78 is 11.2. The molecule has 1 saturated carbocycles. The van der Waals surface area contributed by atoms with Crippen LogP contribution in [0.3, 0.4) is 0 Å². The summed E-state index contributed by atoms with van der Waals surface area (Å²) in [4.78, 5) is 0. The molecule has 1 aliphatic rings. The molecule has 0 aliphatic heterocycles. The van der Waals surface area contributed by atoms with Crippen molar-refractivity contribution in [3.63, 3.8) is 0 Å². The fraction of sp³-hybridized carbons (Fsp3) is 1.00. The van der Waals surface area contributed by atoms with E-state index in [4.69, 9.17) is 9.47 Å². The summed E-state index contributed by atoms with van der Waals surface area (Å²) in [5.74, 6) is 0. The van der Waals surface area contributed by atoms with Gasteiger partial charge in [-0.1, -0.05) is 26.2 Å². The van der Waals surface area contributed by atoms with E-state index in [1.54, 1.807) is 7.11 Å². The van der Waals surface area contributed by atoms with Crippen LogP contribution in [0.5, 0.6) is 0 Å². The molecular weight excluding hydrogens is 202 g/mol. The summed E-state index contributed by atoms with van der Waals surface area (Å²) in [6, 6.07) is 0.336. The molecule has 1 unspecified atom stereocenters. The third-order valence-corrected chi connectivity index (χ3v) is 3.72. The molecular formula is C13H27NO2. The van der Waals surface area contributed by atoms with Gasteiger partial charge in [0.25, 0.3) is 0 Å². The van der Waals surface area contributed by atoms with Crippen LogP contribution in [0.25, 0.3) is 0 Å². The highest BCUT2D eigenvalue weighted by molar-refractivity contribution is 4.95. The molecule has 0 aromatic carbocycles. The van der Waals surface area contributed by atoms with Crippen LogP contribution in [0.2, 0.25) is 0 Å². The molecule has 0 heterocycles. The van der Waals surface area contributed by atoms with Crippen LogP contribution >= 0.6 is 0 Å². The van der Waals surface area contributed by atoms with Gasteiger partial charge in [0.15, 0.2) is 0 Å². The SMILES string of the molecule is CCCNC(COC)C1(OC)CCCCC1. The Labute approximate surface area is 99.9 Å². The molecule has 0 amide bonds. The average Bonchev–Trinajstić information content (AvgIpc) is 2.35. The largest absolute Gasteiger partial charge is 0.383 e.